The summed E-state index contributed by atoms with van der Waals surface area (Å²) in [5, 5.41) is 24.9. The van der Waals surface area contributed by atoms with E-state index in [0.717, 1.165) is 16.8 Å². The fourth-order valence-corrected chi connectivity index (χ4v) is 3.05. The number of benzene rings is 2. The highest BCUT2D eigenvalue weighted by molar-refractivity contribution is 6.30. The molecule has 1 atom stereocenters. The van der Waals surface area contributed by atoms with Gasteiger partial charge in [-0.1, -0.05) is 23.7 Å². The molecule has 0 aromatic heterocycles. The Hall–Kier alpha value is -3.54. The summed E-state index contributed by atoms with van der Waals surface area (Å²) >= 11 is 6.00. The average molecular weight is 389 g/mol. The molecule has 2 aromatic carbocycles. The van der Waals surface area contributed by atoms with Crippen molar-refractivity contribution in [1.29, 1.82) is 10.5 Å². The minimum atomic E-state index is -0.433. The van der Waals surface area contributed by atoms with Crippen molar-refractivity contribution in [3.63, 3.8) is 0 Å². The number of hydrogen-bond acceptors (Lipinski definition) is 4. The predicted molar refractivity (Wildman–Crippen MR) is 107 cm³/mol. The first-order valence-electron chi connectivity index (χ1n) is 8.63. The lowest BCUT2D eigenvalue weighted by atomic mass is 9.99. The van der Waals surface area contributed by atoms with E-state index in [1.165, 1.54) is 0 Å². The maximum Gasteiger partial charge on any atom is 0.252 e. The van der Waals surface area contributed by atoms with Crippen molar-refractivity contribution in [2.24, 2.45) is 0 Å². The number of allylic oxidation sites excluding steroid dienone is 2. The molecule has 5 nitrogen and oxygen atoms in total. The second-order valence-corrected chi connectivity index (χ2v) is 6.82. The van der Waals surface area contributed by atoms with E-state index in [-0.39, 0.29) is 5.91 Å². The smallest absolute Gasteiger partial charge is 0.252 e. The maximum absolute atomic E-state index is 12.9. The summed E-state index contributed by atoms with van der Waals surface area (Å²) < 4.78 is 0. The van der Waals surface area contributed by atoms with Gasteiger partial charge in [0.2, 0.25) is 0 Å². The number of dihydropyridines is 1. The molecule has 0 spiro atoms. The molecule has 138 valence electrons. The van der Waals surface area contributed by atoms with Crippen molar-refractivity contribution in [3.8, 4) is 12.1 Å². The first-order valence-corrected chi connectivity index (χ1v) is 9.01. The highest BCUT2D eigenvalue weighted by Gasteiger charge is 2.22. The highest BCUT2D eigenvalue weighted by Crippen LogP contribution is 2.24. The van der Waals surface area contributed by atoms with Crippen LogP contribution in [0.15, 0.2) is 65.9 Å². The number of carbonyl (C=O) groups is 1. The third kappa shape index (κ3) is 4.23. The van der Waals surface area contributed by atoms with Crippen LogP contribution in [0.4, 0.5) is 0 Å². The molecule has 1 heterocycles. The summed E-state index contributed by atoms with van der Waals surface area (Å²) in [6.07, 6.45) is 3.54. The average Bonchev–Trinajstić information content (AvgIpc) is 2.72. The summed E-state index contributed by atoms with van der Waals surface area (Å²) in [4.78, 5) is 12.9. The molecule has 0 saturated carbocycles. The quantitative estimate of drug-likeness (QED) is 0.830. The van der Waals surface area contributed by atoms with E-state index in [9.17, 15) is 4.79 Å². The van der Waals surface area contributed by atoms with E-state index in [1.54, 1.807) is 49.4 Å². The van der Waals surface area contributed by atoms with Gasteiger partial charge in [0.05, 0.1) is 23.7 Å². The van der Waals surface area contributed by atoms with Crippen molar-refractivity contribution in [2.45, 2.75) is 13.0 Å². The maximum atomic E-state index is 12.9. The Balaban J connectivity index is 1.92. The van der Waals surface area contributed by atoms with Crippen molar-refractivity contribution in [2.75, 3.05) is 6.54 Å². The lowest BCUT2D eigenvalue weighted by molar-refractivity contribution is 0.0941. The van der Waals surface area contributed by atoms with Crippen LogP contribution in [0.3, 0.4) is 0 Å². The first kappa shape index (κ1) is 19.2. The van der Waals surface area contributed by atoms with Crippen LogP contribution >= 0.6 is 11.6 Å². The molecular formula is C22H17ClN4O. The predicted octanol–water partition coefficient (Wildman–Crippen LogP) is 3.93. The Morgan fingerprint density at radius 3 is 2.46 bits per heavy atom. The van der Waals surface area contributed by atoms with E-state index >= 15 is 0 Å². The number of nitrogens with zero attached hydrogens (tertiary/aromatic N) is 2. The molecule has 0 fully saturated rings. The SMILES string of the molecule is Cc1cc(C(=O)NC(C2=CC=C(C#N)CN2)c2ccc(Cl)cc2)ccc1C#N. The zero-order chi connectivity index (χ0) is 20.1. The Bertz CT molecular complexity index is 1060. The highest BCUT2D eigenvalue weighted by atomic mass is 35.5. The fraction of sp³-hybridized carbons (Fsp3) is 0.136. The summed E-state index contributed by atoms with van der Waals surface area (Å²) in [6, 6.07) is 16.0. The molecule has 1 amide bonds. The summed E-state index contributed by atoms with van der Waals surface area (Å²) in [5.74, 6) is -0.259. The van der Waals surface area contributed by atoms with Crippen molar-refractivity contribution in [1.82, 2.24) is 10.6 Å². The third-order valence-corrected chi connectivity index (χ3v) is 4.74. The number of amides is 1. The second kappa shape index (κ2) is 8.43. The van der Waals surface area contributed by atoms with E-state index in [2.05, 4.69) is 22.8 Å². The van der Waals surface area contributed by atoms with Crippen LogP contribution in [0.25, 0.3) is 0 Å². The number of hydrogen-bond donors (Lipinski definition) is 2. The number of halogens is 1. The number of rotatable bonds is 4. The Morgan fingerprint density at radius 1 is 1.14 bits per heavy atom. The standard InChI is InChI=1S/C22H17ClN4O/c1-14-10-17(3-4-18(14)12-25)22(28)27-21(16-5-7-19(23)8-6-16)20-9-2-15(11-24)13-26-20/h2-10,21,26H,13H2,1H3,(H,27,28). The minimum Gasteiger partial charge on any atom is -0.382 e. The van der Waals surface area contributed by atoms with Gasteiger partial charge in [-0.15, -0.1) is 0 Å². The lowest BCUT2D eigenvalue weighted by Gasteiger charge is -2.25. The summed E-state index contributed by atoms with van der Waals surface area (Å²) in [5.41, 5.74) is 4.01. The molecule has 28 heavy (non-hydrogen) atoms. The van der Waals surface area contributed by atoms with E-state index in [1.807, 2.05) is 12.1 Å². The van der Waals surface area contributed by atoms with Crippen molar-refractivity contribution in [3.05, 3.63) is 93.2 Å². The van der Waals surface area contributed by atoms with Crippen molar-refractivity contribution < 1.29 is 4.79 Å². The third-order valence-electron chi connectivity index (χ3n) is 4.49. The monoisotopic (exact) mass is 388 g/mol. The number of aryl methyl sites for hydroxylation is 1. The molecule has 1 unspecified atom stereocenters. The second-order valence-electron chi connectivity index (χ2n) is 6.38. The normalized spacial score (nSPS) is 13.9. The Kier molecular flexibility index (Phi) is 5.79. The van der Waals surface area contributed by atoms with Gasteiger partial charge in [0.15, 0.2) is 0 Å². The molecular weight excluding hydrogens is 372 g/mol. The molecule has 2 N–H and O–H groups in total. The van der Waals surface area contributed by atoms with Gasteiger partial charge in [-0.25, -0.2) is 0 Å². The van der Waals surface area contributed by atoms with Crippen LogP contribution in [-0.2, 0) is 0 Å². The number of carbonyl (C=O) groups excluding carboxylic acids is 1. The van der Waals surface area contributed by atoms with Crippen LogP contribution in [0.5, 0.6) is 0 Å². The molecule has 6 heteroatoms. The molecule has 1 aliphatic heterocycles. The largest absolute Gasteiger partial charge is 0.382 e. The molecule has 0 saturated heterocycles. The molecule has 2 aromatic rings. The van der Waals surface area contributed by atoms with Gasteiger partial charge in [-0.2, -0.15) is 10.5 Å². The van der Waals surface area contributed by atoms with Gasteiger partial charge >= 0.3 is 0 Å². The van der Waals surface area contributed by atoms with Gasteiger partial charge in [-0.3, -0.25) is 4.79 Å². The zero-order valence-corrected chi connectivity index (χ0v) is 15.9. The van der Waals surface area contributed by atoms with Gasteiger partial charge in [0.1, 0.15) is 0 Å². The number of nitrogens with one attached hydrogen (secondary N) is 2. The van der Waals surface area contributed by atoms with Crippen molar-refractivity contribution >= 4 is 17.5 Å². The topological polar surface area (TPSA) is 88.7 Å². The zero-order valence-electron chi connectivity index (χ0n) is 15.2. The van der Waals surface area contributed by atoms with Gasteiger partial charge in [0, 0.05) is 28.4 Å². The summed E-state index contributed by atoms with van der Waals surface area (Å²) in [6.45, 7) is 2.20. The Labute approximate surface area is 168 Å². The van der Waals surface area contributed by atoms with E-state index in [0.29, 0.717) is 28.3 Å². The first-order chi connectivity index (χ1) is 13.5. The molecule has 0 radical (unpaired) electrons. The van der Waals surface area contributed by atoms with Crippen LogP contribution in [0.1, 0.15) is 33.1 Å². The van der Waals surface area contributed by atoms with Gasteiger partial charge < -0.3 is 10.6 Å². The molecule has 1 aliphatic rings. The van der Waals surface area contributed by atoms with Crippen LogP contribution < -0.4 is 10.6 Å². The molecule has 3 rings (SSSR count). The van der Waals surface area contributed by atoms with Gasteiger partial charge in [-0.05, 0) is 60.5 Å². The lowest BCUT2D eigenvalue weighted by Crippen LogP contribution is -2.35. The molecule has 0 bridgehead atoms. The van der Waals surface area contributed by atoms with E-state index < -0.39 is 6.04 Å². The Morgan fingerprint density at radius 2 is 1.89 bits per heavy atom. The molecule has 0 aliphatic carbocycles. The van der Waals surface area contributed by atoms with Gasteiger partial charge in [0.25, 0.3) is 5.91 Å². The van der Waals surface area contributed by atoms with Crippen LogP contribution in [0.2, 0.25) is 5.02 Å². The van der Waals surface area contributed by atoms with Crippen LogP contribution in [0, 0.1) is 29.6 Å². The summed E-state index contributed by atoms with van der Waals surface area (Å²) in [7, 11) is 0. The van der Waals surface area contributed by atoms with Crippen LogP contribution in [-0.4, -0.2) is 12.5 Å². The van der Waals surface area contributed by atoms with E-state index in [4.69, 9.17) is 22.1 Å². The number of nitriles is 2. The fourth-order valence-electron chi connectivity index (χ4n) is 2.92. The minimum absolute atomic E-state index is 0.259.